The summed E-state index contributed by atoms with van der Waals surface area (Å²) in [5.74, 6) is 1.08. The van der Waals surface area contributed by atoms with Gasteiger partial charge in [0.25, 0.3) is 0 Å². The van der Waals surface area contributed by atoms with Crippen molar-refractivity contribution in [2.75, 3.05) is 0 Å². The smallest absolute Gasteiger partial charge is 0.110 e. The lowest BCUT2D eigenvalue weighted by Crippen LogP contribution is -2.27. The number of hydrogen-bond acceptors (Lipinski definition) is 1. The van der Waals surface area contributed by atoms with Gasteiger partial charge in [-0.2, -0.15) is 0 Å². The fourth-order valence-corrected chi connectivity index (χ4v) is 5.26. The summed E-state index contributed by atoms with van der Waals surface area (Å²) in [5.41, 5.74) is 7.39. The van der Waals surface area contributed by atoms with Crippen molar-refractivity contribution in [3.63, 3.8) is 0 Å². The SMILES string of the molecule is Cc1ccc(CC(=Nc2c(C)cccc2C)NP(C(C)C)C(C)C)cc1. The molecule has 0 spiro atoms. The van der Waals surface area contributed by atoms with Gasteiger partial charge < -0.3 is 5.09 Å². The van der Waals surface area contributed by atoms with E-state index < -0.39 is 0 Å². The summed E-state index contributed by atoms with van der Waals surface area (Å²) in [7, 11) is -0.317. The van der Waals surface area contributed by atoms with Gasteiger partial charge in [0.15, 0.2) is 0 Å². The highest BCUT2D eigenvalue weighted by Crippen LogP contribution is 2.42. The Morgan fingerprint density at radius 3 is 1.92 bits per heavy atom. The summed E-state index contributed by atoms with van der Waals surface area (Å²) in [4.78, 5) is 5.10. The molecule has 140 valence electrons. The summed E-state index contributed by atoms with van der Waals surface area (Å²) in [6.07, 6.45) is 0.840. The Hall–Kier alpha value is -1.66. The number of aliphatic imine (C=N–C) groups is 1. The van der Waals surface area contributed by atoms with Gasteiger partial charge in [-0.25, -0.2) is 4.99 Å². The average molecular weight is 369 g/mol. The van der Waals surface area contributed by atoms with E-state index in [0.717, 1.165) is 17.9 Å². The molecule has 1 N–H and O–H groups in total. The first-order chi connectivity index (χ1) is 12.3. The molecular weight excluding hydrogens is 335 g/mol. The van der Waals surface area contributed by atoms with Crippen LogP contribution in [-0.2, 0) is 6.42 Å². The molecule has 2 rings (SSSR count). The summed E-state index contributed by atoms with van der Waals surface area (Å²) < 4.78 is 0. The van der Waals surface area contributed by atoms with Crippen LogP contribution in [0.5, 0.6) is 0 Å². The molecular formula is C23H33N2P. The molecule has 0 saturated carbocycles. The number of aryl methyl sites for hydroxylation is 3. The van der Waals surface area contributed by atoms with Crippen molar-refractivity contribution in [1.29, 1.82) is 0 Å². The molecule has 0 aliphatic heterocycles. The first-order valence-electron chi connectivity index (χ1n) is 9.52. The zero-order valence-electron chi connectivity index (χ0n) is 17.3. The number of benzene rings is 2. The molecule has 0 amide bonds. The standard InChI is InChI=1S/C23H33N2P/c1-16(2)26(17(3)4)25-22(15-21-13-11-18(5)12-14-21)24-23-19(6)9-8-10-20(23)7/h8-14,16-17H,15H2,1-7H3,(H,24,25). The van der Waals surface area contributed by atoms with Crippen molar-refractivity contribution in [1.82, 2.24) is 5.09 Å². The van der Waals surface area contributed by atoms with E-state index in [4.69, 9.17) is 4.99 Å². The quantitative estimate of drug-likeness (QED) is 0.343. The van der Waals surface area contributed by atoms with E-state index in [1.54, 1.807) is 0 Å². The van der Waals surface area contributed by atoms with Gasteiger partial charge in [0.2, 0.25) is 0 Å². The predicted molar refractivity (Wildman–Crippen MR) is 118 cm³/mol. The van der Waals surface area contributed by atoms with E-state index in [2.05, 4.69) is 96.0 Å². The molecule has 0 aliphatic rings. The summed E-state index contributed by atoms with van der Waals surface area (Å²) >= 11 is 0. The van der Waals surface area contributed by atoms with E-state index >= 15 is 0 Å². The first-order valence-corrected chi connectivity index (χ1v) is 11.0. The molecule has 3 heteroatoms. The fraction of sp³-hybridized carbons (Fsp3) is 0.435. The molecule has 0 bridgehead atoms. The van der Waals surface area contributed by atoms with Crippen molar-refractivity contribution >= 4 is 19.6 Å². The Kier molecular flexibility index (Phi) is 7.41. The third-order valence-corrected chi connectivity index (χ3v) is 7.29. The maximum Gasteiger partial charge on any atom is 0.110 e. The van der Waals surface area contributed by atoms with Gasteiger partial charge >= 0.3 is 0 Å². The van der Waals surface area contributed by atoms with E-state index in [0.29, 0.717) is 11.3 Å². The van der Waals surface area contributed by atoms with Gasteiger partial charge in [-0.05, 0) is 56.9 Å². The zero-order chi connectivity index (χ0) is 19.3. The van der Waals surface area contributed by atoms with Crippen LogP contribution in [0.1, 0.15) is 49.9 Å². The van der Waals surface area contributed by atoms with Crippen LogP contribution in [0.3, 0.4) is 0 Å². The molecule has 26 heavy (non-hydrogen) atoms. The number of amidine groups is 1. The first kappa shape index (κ1) is 20.6. The molecule has 0 aromatic heterocycles. The Labute approximate surface area is 161 Å². The molecule has 0 radical (unpaired) electrons. The second kappa shape index (κ2) is 9.33. The van der Waals surface area contributed by atoms with Gasteiger partial charge in [-0.15, -0.1) is 0 Å². The molecule has 2 aromatic carbocycles. The van der Waals surface area contributed by atoms with Crippen molar-refractivity contribution in [2.45, 2.75) is 66.2 Å². The van der Waals surface area contributed by atoms with E-state index in [9.17, 15) is 0 Å². The van der Waals surface area contributed by atoms with Crippen LogP contribution in [-0.4, -0.2) is 17.2 Å². The number of nitrogens with one attached hydrogen (secondary N) is 1. The third kappa shape index (κ3) is 5.68. The van der Waals surface area contributed by atoms with E-state index in [1.807, 2.05) is 0 Å². The van der Waals surface area contributed by atoms with E-state index in [1.165, 1.54) is 22.3 Å². The monoisotopic (exact) mass is 368 g/mol. The molecule has 2 aromatic rings. The predicted octanol–water partition coefficient (Wildman–Crippen LogP) is 6.69. The summed E-state index contributed by atoms with van der Waals surface area (Å²) in [6, 6.07) is 15.2. The maximum absolute atomic E-state index is 5.10. The lowest BCUT2D eigenvalue weighted by atomic mass is 10.1. The lowest BCUT2D eigenvalue weighted by Gasteiger charge is -2.28. The van der Waals surface area contributed by atoms with Gasteiger partial charge in [0, 0.05) is 6.42 Å². The van der Waals surface area contributed by atoms with Crippen LogP contribution in [0, 0.1) is 20.8 Å². The molecule has 0 unspecified atom stereocenters. The number of para-hydroxylation sites is 1. The van der Waals surface area contributed by atoms with Crippen LogP contribution in [0.15, 0.2) is 47.5 Å². The topological polar surface area (TPSA) is 24.4 Å². The highest BCUT2D eigenvalue weighted by molar-refractivity contribution is 7.57. The Morgan fingerprint density at radius 1 is 0.885 bits per heavy atom. The molecule has 0 saturated heterocycles. The highest BCUT2D eigenvalue weighted by Gasteiger charge is 2.19. The molecule has 0 atom stereocenters. The Balaban J connectivity index is 2.40. The van der Waals surface area contributed by atoms with Crippen LogP contribution in [0.2, 0.25) is 0 Å². The van der Waals surface area contributed by atoms with Gasteiger partial charge in [0.05, 0.1) is 5.69 Å². The van der Waals surface area contributed by atoms with Gasteiger partial charge in [-0.3, -0.25) is 0 Å². The number of rotatable bonds is 6. The minimum Gasteiger partial charge on any atom is -0.352 e. The number of nitrogens with zero attached hydrogens (tertiary/aromatic N) is 1. The Morgan fingerprint density at radius 2 is 1.42 bits per heavy atom. The minimum absolute atomic E-state index is 0.317. The van der Waals surface area contributed by atoms with Crippen molar-refractivity contribution in [3.05, 3.63) is 64.7 Å². The second-order valence-electron chi connectivity index (χ2n) is 7.67. The third-order valence-electron chi connectivity index (χ3n) is 4.55. The second-order valence-corrected chi connectivity index (χ2v) is 10.8. The lowest BCUT2D eigenvalue weighted by molar-refractivity contribution is 0.986. The highest BCUT2D eigenvalue weighted by atomic mass is 31.1. The molecule has 0 fully saturated rings. The van der Waals surface area contributed by atoms with Crippen molar-refractivity contribution < 1.29 is 0 Å². The Bertz CT molecular complexity index is 717. The van der Waals surface area contributed by atoms with E-state index in [-0.39, 0.29) is 8.07 Å². The van der Waals surface area contributed by atoms with Crippen LogP contribution < -0.4 is 5.09 Å². The van der Waals surface area contributed by atoms with Gasteiger partial charge in [0.1, 0.15) is 5.84 Å². The molecule has 0 aliphatic carbocycles. The molecule has 2 nitrogen and oxygen atoms in total. The zero-order valence-corrected chi connectivity index (χ0v) is 18.2. The van der Waals surface area contributed by atoms with Crippen LogP contribution >= 0.6 is 8.07 Å². The maximum atomic E-state index is 5.10. The normalized spacial score (nSPS) is 12.3. The average Bonchev–Trinajstić information content (AvgIpc) is 2.57. The van der Waals surface area contributed by atoms with Crippen molar-refractivity contribution in [3.8, 4) is 0 Å². The van der Waals surface area contributed by atoms with Crippen LogP contribution in [0.4, 0.5) is 5.69 Å². The summed E-state index contributed by atoms with van der Waals surface area (Å²) in [6.45, 7) is 15.6. The fourth-order valence-electron chi connectivity index (χ4n) is 3.12. The largest absolute Gasteiger partial charge is 0.352 e. The summed E-state index contributed by atoms with van der Waals surface area (Å²) in [5, 5.41) is 3.83. The molecule has 0 heterocycles. The van der Waals surface area contributed by atoms with Crippen molar-refractivity contribution in [2.24, 2.45) is 4.99 Å². The number of hydrogen-bond donors (Lipinski definition) is 1. The van der Waals surface area contributed by atoms with Gasteiger partial charge in [-0.1, -0.05) is 75.7 Å². The minimum atomic E-state index is -0.317. The van der Waals surface area contributed by atoms with Crippen LogP contribution in [0.25, 0.3) is 0 Å².